The van der Waals surface area contributed by atoms with Gasteiger partial charge in [0.05, 0.1) is 18.4 Å². The third kappa shape index (κ3) is 4.90. The van der Waals surface area contributed by atoms with E-state index in [1.54, 1.807) is 6.20 Å². The van der Waals surface area contributed by atoms with Gasteiger partial charge in [0.1, 0.15) is 0 Å². The van der Waals surface area contributed by atoms with Crippen molar-refractivity contribution in [2.75, 3.05) is 6.54 Å². The van der Waals surface area contributed by atoms with Crippen LogP contribution in [-0.4, -0.2) is 22.3 Å². The van der Waals surface area contributed by atoms with Crippen molar-refractivity contribution < 1.29 is 0 Å². The highest BCUT2D eigenvalue weighted by Crippen LogP contribution is 2.14. The number of hydrogen-bond acceptors (Lipinski definition) is 2. The van der Waals surface area contributed by atoms with Crippen LogP contribution in [0, 0.1) is 5.92 Å². The van der Waals surface area contributed by atoms with Crippen LogP contribution in [0.3, 0.4) is 0 Å². The van der Waals surface area contributed by atoms with Crippen LogP contribution in [0.2, 0.25) is 0 Å². The fourth-order valence-electron chi connectivity index (χ4n) is 1.72. The van der Waals surface area contributed by atoms with Gasteiger partial charge in [-0.15, -0.1) is 0 Å². The number of rotatable bonds is 5. The van der Waals surface area contributed by atoms with Gasteiger partial charge in [-0.3, -0.25) is 0 Å². The Balaban J connectivity index is 1.97. The Bertz CT molecular complexity index is 601. The smallest absolute Gasteiger partial charge is 0.188 e. The van der Waals surface area contributed by atoms with Crippen molar-refractivity contribution >= 4 is 21.9 Å². The Kier molecular flexibility index (Phi) is 5.38. The SMILES string of the molecule is CC(C)CNC(N)=NCc1cnn(-c2ccc(Br)cc2)c1. The summed E-state index contributed by atoms with van der Waals surface area (Å²) < 4.78 is 2.88. The second-order valence-corrected chi connectivity index (χ2v) is 6.16. The van der Waals surface area contributed by atoms with Gasteiger partial charge in [-0.2, -0.15) is 5.10 Å². The molecule has 0 aliphatic heterocycles. The van der Waals surface area contributed by atoms with Gasteiger partial charge in [-0.1, -0.05) is 29.8 Å². The average molecular weight is 350 g/mol. The fraction of sp³-hybridized carbons (Fsp3) is 0.333. The fourth-order valence-corrected chi connectivity index (χ4v) is 1.98. The van der Waals surface area contributed by atoms with E-state index in [9.17, 15) is 0 Å². The summed E-state index contributed by atoms with van der Waals surface area (Å²) in [6.45, 7) is 5.60. The van der Waals surface area contributed by atoms with E-state index in [2.05, 4.69) is 45.2 Å². The van der Waals surface area contributed by atoms with E-state index in [1.165, 1.54) is 0 Å². The minimum atomic E-state index is 0.472. The van der Waals surface area contributed by atoms with Gasteiger partial charge in [0.25, 0.3) is 0 Å². The van der Waals surface area contributed by atoms with Crippen LogP contribution in [0.15, 0.2) is 46.1 Å². The molecular formula is C15H20BrN5. The summed E-state index contributed by atoms with van der Waals surface area (Å²) in [7, 11) is 0. The third-order valence-electron chi connectivity index (χ3n) is 2.85. The highest BCUT2D eigenvalue weighted by Gasteiger charge is 2.01. The van der Waals surface area contributed by atoms with E-state index < -0.39 is 0 Å². The summed E-state index contributed by atoms with van der Waals surface area (Å²) in [5.74, 6) is 1.01. The lowest BCUT2D eigenvalue weighted by Gasteiger charge is -2.07. The molecule has 0 fully saturated rings. The van der Waals surface area contributed by atoms with Crippen LogP contribution in [0.5, 0.6) is 0 Å². The molecule has 1 heterocycles. The van der Waals surface area contributed by atoms with Crippen LogP contribution >= 0.6 is 15.9 Å². The zero-order valence-corrected chi connectivity index (χ0v) is 13.8. The Morgan fingerprint density at radius 2 is 2.10 bits per heavy atom. The van der Waals surface area contributed by atoms with Gasteiger partial charge in [0, 0.05) is 22.8 Å². The molecule has 0 radical (unpaired) electrons. The third-order valence-corrected chi connectivity index (χ3v) is 3.38. The Hall–Kier alpha value is -1.82. The molecule has 0 unspecified atom stereocenters. The maximum absolute atomic E-state index is 5.81. The largest absolute Gasteiger partial charge is 0.370 e. The minimum absolute atomic E-state index is 0.472. The Labute approximate surface area is 133 Å². The highest BCUT2D eigenvalue weighted by atomic mass is 79.9. The Morgan fingerprint density at radius 3 is 2.76 bits per heavy atom. The maximum Gasteiger partial charge on any atom is 0.188 e. The van der Waals surface area contributed by atoms with Crippen molar-refractivity contribution in [3.05, 3.63) is 46.7 Å². The number of nitrogens with zero attached hydrogens (tertiary/aromatic N) is 3. The van der Waals surface area contributed by atoms with E-state index in [0.717, 1.165) is 22.3 Å². The first-order chi connectivity index (χ1) is 10.0. The molecule has 0 bridgehead atoms. The van der Waals surface area contributed by atoms with E-state index in [4.69, 9.17) is 5.73 Å². The number of aromatic nitrogens is 2. The van der Waals surface area contributed by atoms with Gasteiger partial charge in [0.2, 0.25) is 0 Å². The van der Waals surface area contributed by atoms with Gasteiger partial charge < -0.3 is 11.1 Å². The summed E-state index contributed by atoms with van der Waals surface area (Å²) in [6, 6.07) is 7.98. The first-order valence-corrected chi connectivity index (χ1v) is 7.67. The topological polar surface area (TPSA) is 68.2 Å². The number of nitrogens with one attached hydrogen (secondary N) is 1. The lowest BCUT2D eigenvalue weighted by molar-refractivity contribution is 0.622. The second kappa shape index (κ2) is 7.26. The van der Waals surface area contributed by atoms with Crippen molar-refractivity contribution in [1.29, 1.82) is 0 Å². The molecule has 1 aromatic carbocycles. The van der Waals surface area contributed by atoms with E-state index >= 15 is 0 Å². The molecule has 0 atom stereocenters. The summed E-state index contributed by atoms with van der Waals surface area (Å²) in [4.78, 5) is 4.31. The molecular weight excluding hydrogens is 330 g/mol. The summed E-state index contributed by atoms with van der Waals surface area (Å²) in [5.41, 5.74) is 7.84. The maximum atomic E-state index is 5.81. The molecule has 5 nitrogen and oxygen atoms in total. The molecule has 2 rings (SSSR count). The number of halogens is 1. The van der Waals surface area contributed by atoms with Crippen LogP contribution < -0.4 is 11.1 Å². The first kappa shape index (κ1) is 15.6. The van der Waals surface area contributed by atoms with Crippen molar-refractivity contribution in [2.45, 2.75) is 20.4 Å². The van der Waals surface area contributed by atoms with Crippen LogP contribution in [0.25, 0.3) is 5.69 Å². The molecule has 2 aromatic rings. The van der Waals surface area contributed by atoms with Crippen LogP contribution in [0.4, 0.5) is 0 Å². The molecule has 1 aromatic heterocycles. The molecule has 0 aliphatic carbocycles. The number of nitrogens with two attached hydrogens (primary N) is 1. The number of aliphatic imine (C=N–C) groups is 1. The number of guanidine groups is 1. The van der Waals surface area contributed by atoms with Gasteiger partial charge in [0.15, 0.2) is 5.96 Å². The van der Waals surface area contributed by atoms with Gasteiger partial charge in [-0.05, 0) is 30.2 Å². The highest BCUT2D eigenvalue weighted by molar-refractivity contribution is 9.10. The van der Waals surface area contributed by atoms with E-state index in [1.807, 2.05) is 35.1 Å². The van der Waals surface area contributed by atoms with E-state index in [-0.39, 0.29) is 0 Å². The predicted molar refractivity (Wildman–Crippen MR) is 89.4 cm³/mol. The summed E-state index contributed by atoms with van der Waals surface area (Å²) in [5, 5.41) is 7.43. The lowest BCUT2D eigenvalue weighted by Crippen LogP contribution is -2.34. The quantitative estimate of drug-likeness (QED) is 0.644. The van der Waals surface area contributed by atoms with Crippen LogP contribution in [-0.2, 0) is 6.54 Å². The number of hydrogen-bond donors (Lipinski definition) is 2. The van der Waals surface area contributed by atoms with Crippen molar-refractivity contribution in [3.8, 4) is 5.69 Å². The zero-order valence-electron chi connectivity index (χ0n) is 12.3. The summed E-state index contributed by atoms with van der Waals surface area (Å²) in [6.07, 6.45) is 3.77. The molecule has 0 aliphatic rings. The normalized spacial score (nSPS) is 11.9. The molecule has 3 N–H and O–H groups in total. The molecule has 21 heavy (non-hydrogen) atoms. The van der Waals surface area contributed by atoms with Gasteiger partial charge in [-0.25, -0.2) is 9.67 Å². The van der Waals surface area contributed by atoms with E-state index in [0.29, 0.717) is 18.4 Å². The molecule has 0 spiro atoms. The molecule has 6 heteroatoms. The Morgan fingerprint density at radius 1 is 1.38 bits per heavy atom. The minimum Gasteiger partial charge on any atom is -0.370 e. The van der Waals surface area contributed by atoms with Crippen molar-refractivity contribution in [3.63, 3.8) is 0 Å². The first-order valence-electron chi connectivity index (χ1n) is 6.88. The summed E-state index contributed by atoms with van der Waals surface area (Å²) >= 11 is 3.42. The monoisotopic (exact) mass is 349 g/mol. The predicted octanol–water partition coefficient (Wildman–Crippen LogP) is 2.70. The number of benzene rings is 1. The van der Waals surface area contributed by atoms with Crippen molar-refractivity contribution in [1.82, 2.24) is 15.1 Å². The molecule has 0 saturated carbocycles. The second-order valence-electron chi connectivity index (χ2n) is 5.25. The standard InChI is InChI=1S/C15H20BrN5/c1-11(2)7-18-15(17)19-8-12-9-20-21(10-12)14-5-3-13(16)4-6-14/h3-6,9-11H,7-8H2,1-2H3,(H3,17,18,19). The van der Waals surface area contributed by atoms with Gasteiger partial charge >= 0.3 is 0 Å². The van der Waals surface area contributed by atoms with Crippen LogP contribution in [0.1, 0.15) is 19.4 Å². The zero-order chi connectivity index (χ0) is 15.2. The lowest BCUT2D eigenvalue weighted by atomic mass is 10.2. The molecule has 0 saturated heterocycles. The molecule has 0 amide bonds. The average Bonchev–Trinajstić information content (AvgIpc) is 2.92. The molecule has 112 valence electrons. The van der Waals surface area contributed by atoms with Crippen molar-refractivity contribution in [2.24, 2.45) is 16.6 Å².